The zero-order valence-electron chi connectivity index (χ0n) is 15.8. The minimum atomic E-state index is -4.46. The van der Waals surface area contributed by atoms with E-state index in [2.05, 4.69) is 20.8 Å². The third-order valence-electron chi connectivity index (χ3n) is 3.77. The van der Waals surface area contributed by atoms with Crippen molar-refractivity contribution >= 4 is 51.4 Å². The zero-order valence-corrected chi connectivity index (χ0v) is 17.4. The van der Waals surface area contributed by atoms with Crippen LogP contribution in [0.15, 0.2) is 52.9 Å². The van der Waals surface area contributed by atoms with Gasteiger partial charge in [-0.2, -0.15) is 13.2 Å². The summed E-state index contributed by atoms with van der Waals surface area (Å²) in [7, 11) is 0. The van der Waals surface area contributed by atoms with Gasteiger partial charge in [-0.1, -0.05) is 29.2 Å². The van der Waals surface area contributed by atoms with Gasteiger partial charge in [0.05, 0.1) is 16.2 Å². The van der Waals surface area contributed by atoms with E-state index in [9.17, 15) is 32.9 Å². The standard InChI is InChI=1S/C18H12F3N5O4S2/c19-18(20,21)11-4-6-12(7-5-11)22-14(27)9-31-17-25-24-16(32-17)23-15(28)10-2-1-3-13(8-10)26(29)30/h1-8H,9H2,(H,22,27)(H,23,24,28). The van der Waals surface area contributed by atoms with Crippen LogP contribution in [0.3, 0.4) is 0 Å². The van der Waals surface area contributed by atoms with Crippen molar-refractivity contribution < 1.29 is 27.7 Å². The van der Waals surface area contributed by atoms with Crippen LogP contribution in [0.4, 0.5) is 29.7 Å². The third kappa shape index (κ3) is 6.24. The molecule has 9 nitrogen and oxygen atoms in total. The molecular weight excluding hydrogens is 471 g/mol. The first-order chi connectivity index (χ1) is 15.1. The molecular formula is C18H12F3N5O4S2. The average Bonchev–Trinajstić information content (AvgIpc) is 3.19. The van der Waals surface area contributed by atoms with Crippen LogP contribution in [-0.4, -0.2) is 32.7 Å². The number of rotatable bonds is 7. The monoisotopic (exact) mass is 483 g/mol. The highest BCUT2D eigenvalue weighted by Crippen LogP contribution is 2.30. The number of anilines is 2. The molecule has 14 heteroatoms. The van der Waals surface area contributed by atoms with Gasteiger partial charge in [0.25, 0.3) is 11.6 Å². The number of hydrogen-bond acceptors (Lipinski definition) is 8. The Hall–Kier alpha value is -3.52. The predicted molar refractivity (Wildman–Crippen MR) is 112 cm³/mol. The van der Waals surface area contributed by atoms with Crippen molar-refractivity contribution in [3.8, 4) is 0 Å². The van der Waals surface area contributed by atoms with Gasteiger partial charge in [0.2, 0.25) is 11.0 Å². The molecule has 2 N–H and O–H groups in total. The van der Waals surface area contributed by atoms with Crippen molar-refractivity contribution in [2.45, 2.75) is 10.5 Å². The number of amides is 2. The van der Waals surface area contributed by atoms with Crippen LogP contribution < -0.4 is 10.6 Å². The Morgan fingerprint density at radius 2 is 1.81 bits per heavy atom. The number of carbonyl (C=O) groups is 2. The van der Waals surface area contributed by atoms with E-state index in [1.807, 2.05) is 0 Å². The molecule has 0 aliphatic carbocycles. The van der Waals surface area contributed by atoms with Gasteiger partial charge in [-0.3, -0.25) is 25.0 Å². The van der Waals surface area contributed by atoms with Crippen LogP contribution in [0, 0.1) is 10.1 Å². The smallest absolute Gasteiger partial charge is 0.325 e. The van der Waals surface area contributed by atoms with E-state index in [0.717, 1.165) is 53.4 Å². The lowest BCUT2D eigenvalue weighted by molar-refractivity contribution is -0.384. The Labute approximate surface area is 186 Å². The third-order valence-corrected chi connectivity index (χ3v) is 5.74. The number of nitro groups is 1. The van der Waals surface area contributed by atoms with Gasteiger partial charge in [-0.25, -0.2) is 0 Å². The molecule has 0 radical (unpaired) electrons. The quantitative estimate of drug-likeness (QED) is 0.220. The molecule has 32 heavy (non-hydrogen) atoms. The maximum absolute atomic E-state index is 12.6. The fraction of sp³-hybridized carbons (Fsp3) is 0.111. The van der Waals surface area contributed by atoms with Crippen LogP contribution in [0.1, 0.15) is 15.9 Å². The summed E-state index contributed by atoms with van der Waals surface area (Å²) in [6, 6.07) is 9.20. The Kier molecular flexibility index (Phi) is 7.05. The molecule has 1 heterocycles. The summed E-state index contributed by atoms with van der Waals surface area (Å²) in [6.07, 6.45) is -4.46. The number of hydrogen-bond donors (Lipinski definition) is 2. The van der Waals surface area contributed by atoms with Gasteiger partial charge in [-0.15, -0.1) is 10.2 Å². The van der Waals surface area contributed by atoms with E-state index < -0.39 is 28.5 Å². The highest BCUT2D eigenvalue weighted by Gasteiger charge is 2.30. The second-order valence-corrected chi connectivity index (χ2v) is 8.25. The van der Waals surface area contributed by atoms with E-state index in [4.69, 9.17) is 0 Å². The summed E-state index contributed by atoms with van der Waals surface area (Å²) in [4.78, 5) is 34.4. The minimum absolute atomic E-state index is 0.0690. The van der Waals surface area contributed by atoms with Gasteiger partial charge in [-0.05, 0) is 30.3 Å². The summed E-state index contributed by atoms with van der Waals surface area (Å²) in [6.45, 7) is 0. The van der Waals surface area contributed by atoms with Crippen LogP contribution in [0.5, 0.6) is 0 Å². The van der Waals surface area contributed by atoms with Gasteiger partial charge in [0, 0.05) is 23.4 Å². The largest absolute Gasteiger partial charge is 0.416 e. The van der Waals surface area contributed by atoms with Crippen molar-refractivity contribution in [2.24, 2.45) is 0 Å². The van der Waals surface area contributed by atoms with Crippen molar-refractivity contribution in [3.63, 3.8) is 0 Å². The van der Waals surface area contributed by atoms with Crippen LogP contribution in [0.25, 0.3) is 0 Å². The summed E-state index contributed by atoms with van der Waals surface area (Å²) in [5, 5.41) is 23.5. The number of alkyl halides is 3. The lowest BCUT2D eigenvalue weighted by Gasteiger charge is -2.08. The molecule has 0 saturated carbocycles. The maximum atomic E-state index is 12.6. The number of nitro benzene ring substituents is 1. The van der Waals surface area contributed by atoms with E-state index in [0.29, 0.717) is 4.34 Å². The molecule has 3 aromatic rings. The topological polar surface area (TPSA) is 127 Å². The molecule has 2 aromatic carbocycles. The molecule has 0 spiro atoms. The Morgan fingerprint density at radius 1 is 1.09 bits per heavy atom. The van der Waals surface area contributed by atoms with Gasteiger partial charge >= 0.3 is 6.18 Å². The summed E-state index contributed by atoms with van der Waals surface area (Å²) < 4.78 is 38.0. The number of carbonyl (C=O) groups excluding carboxylic acids is 2. The molecule has 0 aliphatic heterocycles. The first-order valence-corrected chi connectivity index (χ1v) is 10.4. The van der Waals surface area contributed by atoms with Crippen molar-refractivity contribution in [1.29, 1.82) is 0 Å². The normalized spacial score (nSPS) is 11.1. The first kappa shape index (κ1) is 23.1. The molecule has 0 fully saturated rings. The lowest BCUT2D eigenvalue weighted by Crippen LogP contribution is -2.14. The summed E-state index contributed by atoms with van der Waals surface area (Å²) >= 11 is 2.01. The maximum Gasteiger partial charge on any atom is 0.416 e. The molecule has 0 atom stereocenters. The molecule has 1 aromatic heterocycles. The van der Waals surface area contributed by atoms with E-state index in [1.54, 1.807) is 0 Å². The van der Waals surface area contributed by atoms with Gasteiger partial charge in [0.15, 0.2) is 4.34 Å². The Bertz CT molecular complexity index is 1150. The predicted octanol–water partition coefficient (Wildman–Crippen LogP) is 4.45. The van der Waals surface area contributed by atoms with Crippen molar-refractivity contribution in [1.82, 2.24) is 10.2 Å². The van der Waals surface area contributed by atoms with Crippen LogP contribution in [0.2, 0.25) is 0 Å². The molecule has 0 aliphatic rings. The Morgan fingerprint density at radius 3 is 2.47 bits per heavy atom. The molecule has 2 amide bonds. The molecule has 0 unspecified atom stereocenters. The zero-order chi connectivity index (χ0) is 23.3. The lowest BCUT2D eigenvalue weighted by atomic mass is 10.2. The number of aromatic nitrogens is 2. The van der Waals surface area contributed by atoms with E-state index in [1.165, 1.54) is 18.2 Å². The second-order valence-electron chi connectivity index (χ2n) is 6.05. The highest BCUT2D eigenvalue weighted by atomic mass is 32.2. The summed E-state index contributed by atoms with van der Waals surface area (Å²) in [5.41, 5.74) is -0.770. The van der Waals surface area contributed by atoms with Crippen LogP contribution >= 0.6 is 23.1 Å². The van der Waals surface area contributed by atoms with Gasteiger partial charge in [0.1, 0.15) is 0 Å². The molecule has 0 bridgehead atoms. The highest BCUT2D eigenvalue weighted by molar-refractivity contribution is 8.01. The number of non-ortho nitro benzene ring substituents is 1. The molecule has 166 valence electrons. The fourth-order valence-corrected chi connectivity index (χ4v) is 3.86. The van der Waals surface area contributed by atoms with E-state index >= 15 is 0 Å². The average molecular weight is 483 g/mol. The van der Waals surface area contributed by atoms with Crippen molar-refractivity contribution in [2.75, 3.05) is 16.4 Å². The Balaban J connectivity index is 1.51. The number of benzene rings is 2. The van der Waals surface area contributed by atoms with Gasteiger partial charge < -0.3 is 5.32 Å². The minimum Gasteiger partial charge on any atom is -0.325 e. The molecule has 3 rings (SSSR count). The number of thioether (sulfide) groups is 1. The number of halogens is 3. The fourth-order valence-electron chi connectivity index (χ4n) is 2.32. The van der Waals surface area contributed by atoms with E-state index in [-0.39, 0.29) is 27.8 Å². The van der Waals surface area contributed by atoms with Crippen LogP contribution in [-0.2, 0) is 11.0 Å². The van der Waals surface area contributed by atoms with Crippen molar-refractivity contribution in [3.05, 3.63) is 69.8 Å². The number of nitrogens with zero attached hydrogens (tertiary/aromatic N) is 3. The molecule has 0 saturated heterocycles. The number of nitrogens with one attached hydrogen (secondary N) is 2. The SMILES string of the molecule is O=C(CSc1nnc(NC(=O)c2cccc([N+](=O)[O-])c2)s1)Nc1ccc(C(F)(F)F)cc1. The first-order valence-electron chi connectivity index (χ1n) is 8.61. The summed E-state index contributed by atoms with van der Waals surface area (Å²) in [5.74, 6) is -1.16. The second kappa shape index (κ2) is 9.74.